The summed E-state index contributed by atoms with van der Waals surface area (Å²) in [5.41, 5.74) is -0.0864. The van der Waals surface area contributed by atoms with Crippen molar-refractivity contribution < 1.29 is 17.6 Å². The van der Waals surface area contributed by atoms with Gasteiger partial charge in [-0.25, -0.2) is 0 Å². The minimum Gasteiger partial charge on any atom is -0.194 e. The van der Waals surface area contributed by atoms with E-state index in [1.807, 2.05) is 30.3 Å². The fraction of sp³-hybridized carbons (Fsp3) is 0.333. The van der Waals surface area contributed by atoms with E-state index < -0.39 is 23.0 Å². The lowest BCUT2D eigenvalue weighted by Crippen LogP contribution is -2.44. The molecular weight excluding hydrogens is 292 g/mol. The molecule has 2 rings (SSSR count). The molecule has 0 aliphatic heterocycles. The van der Waals surface area contributed by atoms with Crippen molar-refractivity contribution in [3.8, 4) is 0 Å². The van der Waals surface area contributed by atoms with Crippen LogP contribution in [0.1, 0.15) is 25.3 Å². The number of hydrogen-bond acceptors (Lipinski definition) is 0. The molecule has 0 heterocycles. The van der Waals surface area contributed by atoms with Crippen LogP contribution in [0.5, 0.6) is 0 Å². The predicted molar refractivity (Wildman–Crippen MR) is 80.3 cm³/mol. The van der Waals surface area contributed by atoms with Crippen LogP contribution in [-0.4, -0.2) is 11.8 Å². The maximum absolute atomic E-state index is 13.9. The van der Waals surface area contributed by atoms with Crippen LogP contribution in [0.2, 0.25) is 0 Å². The topological polar surface area (TPSA) is 0 Å². The van der Waals surface area contributed by atoms with Gasteiger partial charge < -0.3 is 0 Å². The van der Waals surface area contributed by atoms with Crippen LogP contribution >= 0.6 is 0 Å². The van der Waals surface area contributed by atoms with E-state index >= 15 is 0 Å². The Labute approximate surface area is 127 Å². The summed E-state index contributed by atoms with van der Waals surface area (Å²) in [5, 5.41) is 0. The van der Waals surface area contributed by atoms with Crippen molar-refractivity contribution in [3.05, 3.63) is 71.3 Å². The minimum absolute atomic E-state index is 0.0932. The maximum atomic E-state index is 13.9. The monoisotopic (exact) mass is 310 g/mol. The Morgan fingerprint density at radius 3 is 2.27 bits per heavy atom. The summed E-state index contributed by atoms with van der Waals surface area (Å²) in [6, 6.07) is 9.56. The first-order valence-electron chi connectivity index (χ1n) is 7.27. The van der Waals surface area contributed by atoms with Gasteiger partial charge in [-0.3, -0.25) is 0 Å². The predicted octanol–water partition coefficient (Wildman–Crippen LogP) is 5.72. The molecule has 0 N–H and O–H groups in total. The van der Waals surface area contributed by atoms with Crippen molar-refractivity contribution in [3.63, 3.8) is 0 Å². The molecule has 22 heavy (non-hydrogen) atoms. The molecule has 0 radical (unpaired) electrons. The fourth-order valence-electron chi connectivity index (χ4n) is 2.39. The van der Waals surface area contributed by atoms with Gasteiger partial charge in [0.05, 0.1) is 0 Å². The van der Waals surface area contributed by atoms with Gasteiger partial charge in [0, 0.05) is 11.1 Å². The molecule has 1 aromatic carbocycles. The molecule has 0 unspecified atom stereocenters. The van der Waals surface area contributed by atoms with E-state index in [0.29, 0.717) is 12.8 Å². The Bertz CT molecular complexity index is 595. The quantitative estimate of drug-likeness (QED) is 0.610. The van der Waals surface area contributed by atoms with E-state index in [4.69, 9.17) is 0 Å². The lowest BCUT2D eigenvalue weighted by atomic mass is 9.88. The highest BCUT2D eigenvalue weighted by Gasteiger charge is 2.60. The van der Waals surface area contributed by atoms with Crippen LogP contribution in [0, 0.1) is 0 Å². The Hall–Kier alpha value is -1.84. The number of aryl methyl sites for hydroxylation is 1. The molecule has 0 aromatic heterocycles. The molecule has 0 nitrogen and oxygen atoms in total. The zero-order valence-corrected chi connectivity index (χ0v) is 12.3. The average molecular weight is 310 g/mol. The smallest absolute Gasteiger partial charge is 0.194 e. The second-order valence-corrected chi connectivity index (χ2v) is 5.24. The number of rotatable bonds is 5. The van der Waals surface area contributed by atoms with E-state index in [-0.39, 0.29) is 6.42 Å². The van der Waals surface area contributed by atoms with Crippen molar-refractivity contribution in [2.24, 2.45) is 0 Å². The molecule has 4 heteroatoms. The third kappa shape index (κ3) is 3.16. The summed E-state index contributed by atoms with van der Waals surface area (Å²) >= 11 is 0. The summed E-state index contributed by atoms with van der Waals surface area (Å²) in [6.07, 6.45) is 5.94. The second-order valence-electron chi connectivity index (χ2n) is 5.24. The van der Waals surface area contributed by atoms with Gasteiger partial charge in [-0.15, -0.1) is 0 Å². The SMILES string of the molecule is CCC1=CC=C(/C=C/CCc2ccccc2)C(F)(F)C1(F)F. The highest BCUT2D eigenvalue weighted by molar-refractivity contribution is 5.42. The van der Waals surface area contributed by atoms with E-state index in [1.165, 1.54) is 13.0 Å². The van der Waals surface area contributed by atoms with Gasteiger partial charge in [-0.2, -0.15) is 17.6 Å². The van der Waals surface area contributed by atoms with E-state index in [0.717, 1.165) is 23.8 Å². The van der Waals surface area contributed by atoms with Gasteiger partial charge in [0.25, 0.3) is 0 Å². The van der Waals surface area contributed by atoms with E-state index in [9.17, 15) is 17.6 Å². The molecular formula is C18H18F4. The summed E-state index contributed by atoms with van der Waals surface area (Å²) < 4.78 is 55.4. The number of hydrogen-bond donors (Lipinski definition) is 0. The van der Waals surface area contributed by atoms with Gasteiger partial charge in [0.2, 0.25) is 0 Å². The van der Waals surface area contributed by atoms with Gasteiger partial charge in [0.15, 0.2) is 0 Å². The second kappa shape index (κ2) is 6.51. The van der Waals surface area contributed by atoms with Crippen LogP contribution in [-0.2, 0) is 6.42 Å². The Morgan fingerprint density at radius 2 is 1.64 bits per heavy atom. The van der Waals surface area contributed by atoms with Crippen LogP contribution in [0.25, 0.3) is 0 Å². The highest BCUT2D eigenvalue weighted by Crippen LogP contribution is 2.48. The number of benzene rings is 1. The summed E-state index contributed by atoms with van der Waals surface area (Å²) in [5.74, 6) is -8.27. The zero-order chi connectivity index (χ0) is 16.2. The van der Waals surface area contributed by atoms with Gasteiger partial charge >= 0.3 is 11.8 Å². The summed E-state index contributed by atoms with van der Waals surface area (Å²) in [4.78, 5) is 0. The maximum Gasteiger partial charge on any atom is 0.339 e. The number of alkyl halides is 4. The molecule has 0 amide bonds. The van der Waals surface area contributed by atoms with Crippen LogP contribution < -0.4 is 0 Å². The first-order chi connectivity index (χ1) is 10.4. The van der Waals surface area contributed by atoms with Gasteiger partial charge in [-0.1, -0.05) is 61.6 Å². The molecule has 118 valence electrons. The van der Waals surface area contributed by atoms with Gasteiger partial charge in [-0.05, 0) is 24.8 Å². The molecule has 0 fully saturated rings. The molecule has 1 aliphatic rings. The van der Waals surface area contributed by atoms with Crippen molar-refractivity contribution in [1.82, 2.24) is 0 Å². The van der Waals surface area contributed by atoms with Crippen LogP contribution in [0.4, 0.5) is 17.6 Å². The lowest BCUT2D eigenvalue weighted by molar-refractivity contribution is -0.162. The molecule has 0 saturated heterocycles. The highest BCUT2D eigenvalue weighted by atomic mass is 19.3. The summed E-state index contributed by atoms with van der Waals surface area (Å²) in [7, 11) is 0. The zero-order valence-electron chi connectivity index (χ0n) is 12.3. The fourth-order valence-corrected chi connectivity index (χ4v) is 2.39. The van der Waals surface area contributed by atoms with Crippen LogP contribution in [0.3, 0.4) is 0 Å². The Morgan fingerprint density at radius 1 is 0.955 bits per heavy atom. The average Bonchev–Trinajstić information content (AvgIpc) is 2.49. The number of allylic oxidation sites excluding steroid dienone is 6. The normalized spacial score (nSPS) is 19.9. The van der Waals surface area contributed by atoms with Crippen molar-refractivity contribution in [2.45, 2.75) is 38.0 Å². The first kappa shape index (κ1) is 16.5. The van der Waals surface area contributed by atoms with Crippen LogP contribution in [0.15, 0.2) is 65.8 Å². The standard InChI is InChI=1S/C18H18F4/c1-2-15-12-13-16(18(21,22)17(15,19)20)11-7-6-10-14-8-4-3-5-9-14/h3-5,7-9,11-13H,2,6,10H2,1H3/b11-7+. The molecule has 1 aliphatic carbocycles. The van der Waals surface area contributed by atoms with Gasteiger partial charge in [0.1, 0.15) is 0 Å². The Kier molecular flexibility index (Phi) is 4.89. The third-order valence-corrected chi connectivity index (χ3v) is 3.75. The molecule has 0 spiro atoms. The molecule has 0 atom stereocenters. The first-order valence-corrected chi connectivity index (χ1v) is 7.27. The Balaban J connectivity index is 2.07. The van der Waals surface area contributed by atoms with Crippen molar-refractivity contribution >= 4 is 0 Å². The van der Waals surface area contributed by atoms with Crippen molar-refractivity contribution in [1.29, 1.82) is 0 Å². The van der Waals surface area contributed by atoms with Crippen molar-refractivity contribution in [2.75, 3.05) is 0 Å². The summed E-state index contributed by atoms with van der Waals surface area (Å²) in [6.45, 7) is 1.45. The van der Waals surface area contributed by atoms with E-state index in [1.54, 1.807) is 0 Å². The number of halogens is 4. The van der Waals surface area contributed by atoms with E-state index in [2.05, 4.69) is 0 Å². The molecule has 1 aromatic rings. The lowest BCUT2D eigenvalue weighted by Gasteiger charge is -2.31. The largest absolute Gasteiger partial charge is 0.339 e. The minimum atomic E-state index is -4.16. The molecule has 0 bridgehead atoms. The third-order valence-electron chi connectivity index (χ3n) is 3.75. The molecule has 0 saturated carbocycles.